The number of phenols is 1. The standard InChI is InChI=1S/C29H34N2O5S/c1-16-17(2)26-24(18(3)25(16)32)22(29(4,5)36-26)14-31-12-6-7-20(31)15-35-21-10-8-19(9-11-21)13-23-27(33)30-28(34)37-23/h8-11,13,20,22,32H,6-7,12,14-15H2,1-5H3,(H,30,33,34)/b23-13+/t20-,22?/m0/s1. The Kier molecular flexibility index (Phi) is 6.75. The number of rotatable bonds is 6. The average molecular weight is 523 g/mol. The molecule has 37 heavy (non-hydrogen) atoms. The van der Waals surface area contributed by atoms with Gasteiger partial charge < -0.3 is 14.6 Å². The monoisotopic (exact) mass is 522 g/mol. The average Bonchev–Trinajstić information content (AvgIpc) is 3.51. The number of likely N-dealkylation sites (tertiary alicyclic amines) is 1. The van der Waals surface area contributed by atoms with Gasteiger partial charge in [0.1, 0.15) is 29.5 Å². The molecule has 7 nitrogen and oxygen atoms in total. The quantitative estimate of drug-likeness (QED) is 0.489. The van der Waals surface area contributed by atoms with Crippen molar-refractivity contribution in [2.75, 3.05) is 19.7 Å². The van der Waals surface area contributed by atoms with Crippen molar-refractivity contribution in [3.8, 4) is 17.2 Å². The van der Waals surface area contributed by atoms with Crippen LogP contribution >= 0.6 is 11.8 Å². The first kappa shape index (κ1) is 25.7. The van der Waals surface area contributed by atoms with Crippen LogP contribution in [-0.2, 0) is 4.79 Å². The Morgan fingerprint density at radius 3 is 2.57 bits per heavy atom. The van der Waals surface area contributed by atoms with Crippen LogP contribution in [0.15, 0.2) is 29.2 Å². The number of aromatic hydroxyl groups is 1. The van der Waals surface area contributed by atoms with E-state index in [1.165, 1.54) is 0 Å². The van der Waals surface area contributed by atoms with Crippen molar-refractivity contribution in [1.82, 2.24) is 10.2 Å². The van der Waals surface area contributed by atoms with Gasteiger partial charge in [0.2, 0.25) is 0 Å². The molecule has 0 bridgehead atoms. The van der Waals surface area contributed by atoms with Crippen molar-refractivity contribution in [1.29, 1.82) is 0 Å². The van der Waals surface area contributed by atoms with Gasteiger partial charge in [-0.1, -0.05) is 12.1 Å². The lowest BCUT2D eigenvalue weighted by Gasteiger charge is -2.33. The largest absolute Gasteiger partial charge is 0.507 e. The predicted molar refractivity (Wildman–Crippen MR) is 145 cm³/mol. The van der Waals surface area contributed by atoms with Gasteiger partial charge in [-0.15, -0.1) is 0 Å². The Labute approximate surface area is 222 Å². The van der Waals surface area contributed by atoms with Crippen LogP contribution < -0.4 is 14.8 Å². The molecule has 0 saturated carbocycles. The molecule has 2 fully saturated rings. The predicted octanol–water partition coefficient (Wildman–Crippen LogP) is 5.44. The number of amides is 2. The minimum absolute atomic E-state index is 0.151. The fourth-order valence-electron chi connectivity index (χ4n) is 5.66. The van der Waals surface area contributed by atoms with E-state index in [0.717, 1.165) is 77.0 Å². The van der Waals surface area contributed by atoms with E-state index in [4.69, 9.17) is 9.47 Å². The van der Waals surface area contributed by atoms with Gasteiger partial charge in [0.25, 0.3) is 11.1 Å². The summed E-state index contributed by atoms with van der Waals surface area (Å²) in [5.74, 6) is 1.88. The second-order valence-electron chi connectivity index (χ2n) is 10.7. The van der Waals surface area contributed by atoms with E-state index in [0.29, 0.717) is 23.3 Å². The maximum absolute atomic E-state index is 11.8. The lowest BCUT2D eigenvalue weighted by atomic mass is 9.82. The Hall–Kier alpha value is -2.97. The van der Waals surface area contributed by atoms with Gasteiger partial charge in [-0.3, -0.25) is 19.8 Å². The number of imide groups is 1. The first-order valence-corrected chi connectivity index (χ1v) is 13.6. The molecule has 2 aromatic rings. The number of carbonyl (C=O) groups excluding carboxylic acids is 2. The SMILES string of the molecule is Cc1c(C)c2c(c(C)c1O)C(CN1CCC[C@H]1COc1ccc(/C=C3/SC(=O)NC3=O)cc1)C(C)(C)O2. The first-order valence-electron chi connectivity index (χ1n) is 12.8. The summed E-state index contributed by atoms with van der Waals surface area (Å²) in [4.78, 5) is 26.0. The van der Waals surface area contributed by atoms with Crippen LogP contribution in [0.2, 0.25) is 0 Å². The molecule has 2 N–H and O–H groups in total. The molecule has 0 aliphatic carbocycles. The number of ether oxygens (including phenoxy) is 2. The van der Waals surface area contributed by atoms with Crippen LogP contribution in [0.1, 0.15) is 60.4 Å². The highest BCUT2D eigenvalue weighted by Crippen LogP contribution is 2.52. The van der Waals surface area contributed by atoms with Crippen LogP contribution in [-0.4, -0.2) is 52.5 Å². The lowest BCUT2D eigenvalue weighted by molar-refractivity contribution is -0.115. The van der Waals surface area contributed by atoms with Crippen molar-refractivity contribution in [3.63, 3.8) is 0 Å². The molecule has 0 radical (unpaired) electrons. The second-order valence-corrected chi connectivity index (χ2v) is 11.8. The maximum Gasteiger partial charge on any atom is 0.290 e. The number of benzene rings is 2. The first-order chi connectivity index (χ1) is 17.5. The molecule has 2 saturated heterocycles. The summed E-state index contributed by atoms with van der Waals surface area (Å²) in [6.07, 6.45) is 3.90. The lowest BCUT2D eigenvalue weighted by Crippen LogP contribution is -2.42. The number of thioether (sulfide) groups is 1. The summed E-state index contributed by atoms with van der Waals surface area (Å²) in [7, 11) is 0. The summed E-state index contributed by atoms with van der Waals surface area (Å²) in [5.41, 5.74) is 4.45. The van der Waals surface area contributed by atoms with Crippen molar-refractivity contribution in [3.05, 3.63) is 57.0 Å². The molecule has 2 atom stereocenters. The number of nitrogens with one attached hydrogen (secondary N) is 1. The Balaban J connectivity index is 1.26. The van der Waals surface area contributed by atoms with Crippen molar-refractivity contribution in [2.45, 2.75) is 65.0 Å². The van der Waals surface area contributed by atoms with Crippen molar-refractivity contribution >= 4 is 29.0 Å². The fourth-order valence-corrected chi connectivity index (χ4v) is 6.34. The third kappa shape index (κ3) is 4.84. The molecule has 2 aromatic carbocycles. The number of carbonyl (C=O) groups is 2. The fraction of sp³-hybridized carbons (Fsp3) is 0.448. The van der Waals surface area contributed by atoms with Crippen LogP contribution in [0, 0.1) is 20.8 Å². The van der Waals surface area contributed by atoms with Gasteiger partial charge in [-0.2, -0.15) is 0 Å². The molecule has 3 aliphatic heterocycles. The molecule has 3 aliphatic rings. The maximum atomic E-state index is 11.8. The molecule has 3 heterocycles. The Morgan fingerprint density at radius 2 is 1.89 bits per heavy atom. The molecule has 0 spiro atoms. The Bertz CT molecular complexity index is 1280. The van der Waals surface area contributed by atoms with E-state index < -0.39 is 0 Å². The number of nitrogens with zero attached hydrogens (tertiary/aromatic N) is 1. The summed E-state index contributed by atoms with van der Waals surface area (Å²) < 4.78 is 12.7. The van der Waals surface area contributed by atoms with E-state index in [9.17, 15) is 14.7 Å². The van der Waals surface area contributed by atoms with E-state index >= 15 is 0 Å². The van der Waals surface area contributed by atoms with Crippen LogP contribution in [0.3, 0.4) is 0 Å². The molecule has 196 valence electrons. The molecule has 1 unspecified atom stereocenters. The van der Waals surface area contributed by atoms with Gasteiger partial charge >= 0.3 is 0 Å². The Morgan fingerprint density at radius 1 is 1.16 bits per heavy atom. The van der Waals surface area contributed by atoms with Crippen LogP contribution in [0.25, 0.3) is 6.08 Å². The molecule has 0 aromatic heterocycles. The minimum Gasteiger partial charge on any atom is -0.507 e. The number of hydrogen-bond donors (Lipinski definition) is 2. The number of hydrogen-bond acceptors (Lipinski definition) is 7. The van der Waals surface area contributed by atoms with E-state index in [-0.39, 0.29) is 22.7 Å². The summed E-state index contributed by atoms with van der Waals surface area (Å²) in [6, 6.07) is 7.87. The highest BCUT2D eigenvalue weighted by molar-refractivity contribution is 8.18. The zero-order chi connectivity index (χ0) is 26.5. The minimum atomic E-state index is -0.366. The topological polar surface area (TPSA) is 88.1 Å². The third-order valence-electron chi connectivity index (χ3n) is 7.99. The summed E-state index contributed by atoms with van der Waals surface area (Å²) in [6.45, 7) is 12.7. The smallest absolute Gasteiger partial charge is 0.290 e. The van der Waals surface area contributed by atoms with Gasteiger partial charge in [-0.05, 0) is 106 Å². The van der Waals surface area contributed by atoms with Gasteiger partial charge in [0, 0.05) is 24.1 Å². The zero-order valence-electron chi connectivity index (χ0n) is 22.0. The second kappa shape index (κ2) is 9.72. The molecular weight excluding hydrogens is 488 g/mol. The van der Waals surface area contributed by atoms with Gasteiger partial charge in [0.05, 0.1) is 4.91 Å². The molecular formula is C29H34N2O5S. The van der Waals surface area contributed by atoms with Gasteiger partial charge in [-0.25, -0.2) is 0 Å². The number of fused-ring (bicyclic) bond motifs is 1. The zero-order valence-corrected chi connectivity index (χ0v) is 22.8. The van der Waals surface area contributed by atoms with Crippen molar-refractivity contribution in [2.24, 2.45) is 0 Å². The van der Waals surface area contributed by atoms with Crippen LogP contribution in [0.4, 0.5) is 4.79 Å². The summed E-state index contributed by atoms with van der Waals surface area (Å²) in [5, 5.41) is 12.7. The van der Waals surface area contributed by atoms with E-state index in [1.807, 2.05) is 45.0 Å². The number of phenolic OH excluding ortho intramolecular Hbond substituents is 1. The van der Waals surface area contributed by atoms with Crippen molar-refractivity contribution < 1.29 is 24.2 Å². The van der Waals surface area contributed by atoms with Crippen LogP contribution in [0.5, 0.6) is 17.2 Å². The highest BCUT2D eigenvalue weighted by Gasteiger charge is 2.45. The summed E-state index contributed by atoms with van der Waals surface area (Å²) >= 11 is 0.913. The molecule has 5 rings (SSSR count). The van der Waals surface area contributed by atoms with E-state index in [2.05, 4.69) is 24.1 Å². The normalized spacial score (nSPS) is 23.9. The third-order valence-corrected chi connectivity index (χ3v) is 8.80. The molecule has 2 amide bonds. The highest BCUT2D eigenvalue weighted by atomic mass is 32.2. The van der Waals surface area contributed by atoms with E-state index in [1.54, 1.807) is 6.08 Å². The molecule has 8 heteroatoms. The van der Waals surface area contributed by atoms with Gasteiger partial charge in [0.15, 0.2) is 0 Å².